The maximum absolute atomic E-state index is 12.1. The van der Waals surface area contributed by atoms with Gasteiger partial charge in [-0.15, -0.1) is 0 Å². The lowest BCUT2D eigenvalue weighted by atomic mass is 10.1. The van der Waals surface area contributed by atoms with Crippen molar-refractivity contribution in [3.8, 4) is 5.75 Å². The van der Waals surface area contributed by atoms with Crippen molar-refractivity contribution in [2.75, 3.05) is 18.8 Å². The Morgan fingerprint density at radius 3 is 2.37 bits per heavy atom. The molecule has 19 heavy (non-hydrogen) atoms. The summed E-state index contributed by atoms with van der Waals surface area (Å²) < 4.78 is 5.76. The summed E-state index contributed by atoms with van der Waals surface area (Å²) in [6, 6.07) is 3.76. The second-order valence-corrected chi connectivity index (χ2v) is 4.74. The Hall–Kier alpha value is -1.71. The molecular weight excluding hydrogens is 240 g/mol. The highest BCUT2D eigenvalue weighted by molar-refractivity contribution is 5.81. The Labute approximate surface area is 115 Å². The van der Waals surface area contributed by atoms with Crippen LogP contribution in [-0.2, 0) is 4.79 Å². The molecule has 1 amide bonds. The summed E-state index contributed by atoms with van der Waals surface area (Å²) in [7, 11) is 0. The lowest BCUT2D eigenvalue weighted by Crippen LogP contribution is -2.40. The van der Waals surface area contributed by atoms with Crippen LogP contribution >= 0.6 is 0 Å². The number of carbonyl (C=O) groups is 1. The van der Waals surface area contributed by atoms with Gasteiger partial charge in [0.25, 0.3) is 5.91 Å². The third-order valence-electron chi connectivity index (χ3n) is 3.29. The molecule has 0 radical (unpaired) electrons. The molecule has 0 aliphatic heterocycles. The number of benzene rings is 1. The first-order chi connectivity index (χ1) is 8.90. The van der Waals surface area contributed by atoms with Gasteiger partial charge in [0.2, 0.25) is 0 Å². The molecule has 4 nitrogen and oxygen atoms in total. The first-order valence-electron chi connectivity index (χ1n) is 6.72. The quantitative estimate of drug-likeness (QED) is 0.831. The fourth-order valence-corrected chi connectivity index (χ4v) is 2.01. The van der Waals surface area contributed by atoms with E-state index in [1.165, 1.54) is 0 Å². The molecule has 0 heterocycles. The van der Waals surface area contributed by atoms with Crippen molar-refractivity contribution in [2.24, 2.45) is 0 Å². The second-order valence-electron chi connectivity index (χ2n) is 4.74. The second kappa shape index (κ2) is 6.45. The van der Waals surface area contributed by atoms with E-state index in [4.69, 9.17) is 10.5 Å². The highest BCUT2D eigenvalue weighted by Gasteiger charge is 2.20. The molecule has 4 heteroatoms. The van der Waals surface area contributed by atoms with E-state index in [1.807, 2.05) is 33.8 Å². The van der Waals surface area contributed by atoms with Gasteiger partial charge in [-0.2, -0.15) is 0 Å². The Kier molecular flexibility index (Phi) is 5.21. The summed E-state index contributed by atoms with van der Waals surface area (Å²) in [6.45, 7) is 11.0. The SMILES string of the molecule is CCN(CC)C(=O)C(C)Oc1cc(N)c(C)cc1C. The van der Waals surface area contributed by atoms with Crippen LogP contribution in [0.1, 0.15) is 31.9 Å². The normalized spacial score (nSPS) is 12.1. The van der Waals surface area contributed by atoms with E-state index in [0.29, 0.717) is 24.5 Å². The maximum atomic E-state index is 12.1. The topological polar surface area (TPSA) is 55.6 Å². The van der Waals surface area contributed by atoms with E-state index in [1.54, 1.807) is 17.9 Å². The minimum absolute atomic E-state index is 0.00328. The Morgan fingerprint density at radius 2 is 1.84 bits per heavy atom. The molecule has 0 aliphatic carbocycles. The number of aryl methyl sites for hydroxylation is 2. The molecule has 0 saturated heterocycles. The number of hydrogen-bond donors (Lipinski definition) is 1. The zero-order valence-electron chi connectivity index (χ0n) is 12.5. The molecule has 1 rings (SSSR count). The molecule has 1 aromatic rings. The zero-order chi connectivity index (χ0) is 14.6. The predicted octanol–water partition coefficient (Wildman–Crippen LogP) is 2.52. The van der Waals surface area contributed by atoms with E-state index in [9.17, 15) is 4.79 Å². The molecule has 0 aromatic heterocycles. The molecule has 0 aliphatic rings. The third kappa shape index (κ3) is 3.63. The van der Waals surface area contributed by atoms with Crippen LogP contribution in [0, 0.1) is 13.8 Å². The van der Waals surface area contributed by atoms with Gasteiger partial charge in [-0.1, -0.05) is 6.07 Å². The summed E-state index contributed by atoms with van der Waals surface area (Å²) in [6.07, 6.45) is -0.499. The summed E-state index contributed by atoms with van der Waals surface area (Å²) in [5, 5.41) is 0. The van der Waals surface area contributed by atoms with Crippen LogP contribution in [0.5, 0.6) is 5.75 Å². The number of likely N-dealkylation sites (N-methyl/N-ethyl adjacent to an activating group) is 1. The minimum Gasteiger partial charge on any atom is -0.481 e. The minimum atomic E-state index is -0.499. The Morgan fingerprint density at radius 1 is 1.26 bits per heavy atom. The van der Waals surface area contributed by atoms with Gasteiger partial charge < -0.3 is 15.4 Å². The summed E-state index contributed by atoms with van der Waals surface area (Å²) >= 11 is 0. The van der Waals surface area contributed by atoms with Crippen molar-refractivity contribution in [1.29, 1.82) is 0 Å². The van der Waals surface area contributed by atoms with E-state index in [-0.39, 0.29) is 5.91 Å². The van der Waals surface area contributed by atoms with Crippen molar-refractivity contribution >= 4 is 11.6 Å². The van der Waals surface area contributed by atoms with Crippen LogP contribution in [-0.4, -0.2) is 30.0 Å². The molecular formula is C15H24N2O2. The van der Waals surface area contributed by atoms with Crippen LogP contribution in [0.4, 0.5) is 5.69 Å². The predicted molar refractivity (Wildman–Crippen MR) is 78.3 cm³/mol. The van der Waals surface area contributed by atoms with Crippen LogP contribution in [0.2, 0.25) is 0 Å². The summed E-state index contributed by atoms with van der Waals surface area (Å²) in [5.41, 5.74) is 8.57. The molecule has 106 valence electrons. The van der Waals surface area contributed by atoms with Gasteiger partial charge in [0.1, 0.15) is 5.75 Å². The van der Waals surface area contributed by atoms with Crippen LogP contribution in [0.3, 0.4) is 0 Å². The number of amides is 1. The number of nitrogens with zero attached hydrogens (tertiary/aromatic N) is 1. The molecule has 1 aromatic carbocycles. The number of ether oxygens (including phenoxy) is 1. The smallest absolute Gasteiger partial charge is 0.263 e. The van der Waals surface area contributed by atoms with Gasteiger partial charge in [0.05, 0.1) is 0 Å². The molecule has 0 bridgehead atoms. The molecule has 0 spiro atoms. The Bertz CT molecular complexity index is 454. The first kappa shape index (κ1) is 15.3. The van der Waals surface area contributed by atoms with Gasteiger partial charge in [-0.25, -0.2) is 0 Å². The molecule has 0 fully saturated rings. The van der Waals surface area contributed by atoms with E-state index < -0.39 is 6.10 Å². The fraction of sp³-hybridized carbons (Fsp3) is 0.533. The number of anilines is 1. The lowest BCUT2D eigenvalue weighted by molar-refractivity contribution is -0.137. The number of carbonyl (C=O) groups excluding carboxylic acids is 1. The lowest BCUT2D eigenvalue weighted by Gasteiger charge is -2.24. The highest BCUT2D eigenvalue weighted by atomic mass is 16.5. The highest BCUT2D eigenvalue weighted by Crippen LogP contribution is 2.25. The van der Waals surface area contributed by atoms with Crippen molar-refractivity contribution in [3.05, 3.63) is 23.3 Å². The monoisotopic (exact) mass is 264 g/mol. The summed E-state index contributed by atoms with van der Waals surface area (Å²) in [5.74, 6) is 0.680. The van der Waals surface area contributed by atoms with E-state index in [2.05, 4.69) is 0 Å². The number of rotatable bonds is 5. The zero-order valence-corrected chi connectivity index (χ0v) is 12.5. The molecule has 2 N–H and O–H groups in total. The van der Waals surface area contributed by atoms with Gasteiger partial charge in [0.15, 0.2) is 6.10 Å². The van der Waals surface area contributed by atoms with Crippen molar-refractivity contribution < 1.29 is 9.53 Å². The third-order valence-corrected chi connectivity index (χ3v) is 3.29. The van der Waals surface area contributed by atoms with Crippen LogP contribution in [0.25, 0.3) is 0 Å². The largest absolute Gasteiger partial charge is 0.481 e. The first-order valence-corrected chi connectivity index (χ1v) is 6.72. The van der Waals surface area contributed by atoms with Crippen molar-refractivity contribution in [2.45, 2.75) is 40.7 Å². The standard InChI is InChI=1S/C15H24N2O2/c1-6-17(7-2)15(18)12(5)19-14-9-13(16)10(3)8-11(14)4/h8-9,12H,6-7,16H2,1-5H3. The van der Waals surface area contributed by atoms with Gasteiger partial charge >= 0.3 is 0 Å². The van der Waals surface area contributed by atoms with Gasteiger partial charge in [0, 0.05) is 24.8 Å². The average Bonchev–Trinajstić information content (AvgIpc) is 2.37. The molecule has 1 atom stereocenters. The molecule has 1 unspecified atom stereocenters. The average molecular weight is 264 g/mol. The number of hydrogen-bond acceptors (Lipinski definition) is 3. The van der Waals surface area contributed by atoms with Gasteiger partial charge in [-0.3, -0.25) is 4.79 Å². The molecule has 0 saturated carbocycles. The van der Waals surface area contributed by atoms with Crippen molar-refractivity contribution in [3.63, 3.8) is 0 Å². The summed E-state index contributed by atoms with van der Waals surface area (Å²) in [4.78, 5) is 13.9. The van der Waals surface area contributed by atoms with E-state index >= 15 is 0 Å². The maximum Gasteiger partial charge on any atom is 0.263 e. The Balaban J connectivity index is 2.85. The van der Waals surface area contributed by atoms with Gasteiger partial charge in [-0.05, 0) is 45.7 Å². The fourth-order valence-electron chi connectivity index (χ4n) is 2.01. The van der Waals surface area contributed by atoms with Crippen molar-refractivity contribution in [1.82, 2.24) is 4.90 Å². The van der Waals surface area contributed by atoms with Crippen LogP contribution < -0.4 is 10.5 Å². The van der Waals surface area contributed by atoms with Crippen LogP contribution in [0.15, 0.2) is 12.1 Å². The number of nitrogens with two attached hydrogens (primary N) is 1. The van der Waals surface area contributed by atoms with E-state index in [0.717, 1.165) is 11.1 Å². The number of nitrogen functional groups attached to an aromatic ring is 1.